The van der Waals surface area contributed by atoms with Crippen molar-refractivity contribution in [1.29, 1.82) is 0 Å². The molecule has 0 heterocycles. The van der Waals surface area contributed by atoms with Gasteiger partial charge in [-0.2, -0.15) is 18.8 Å². The third kappa shape index (κ3) is 6.31. The Hall–Kier alpha value is 0.310. The molecule has 0 spiro atoms. The van der Waals surface area contributed by atoms with Crippen molar-refractivity contribution in [2.45, 2.75) is 6.92 Å². The topological polar surface area (TPSA) is 16.6 Å². The smallest absolute Gasteiger partial charge is 0.0607 e. The molecule has 0 saturated carbocycles. The zero-order valence-corrected chi connectivity index (χ0v) is 5.63. The average molecular weight is 119 g/mol. The van der Waals surface area contributed by atoms with Gasteiger partial charge in [-0.3, -0.25) is 0 Å². The van der Waals surface area contributed by atoms with E-state index in [1.54, 1.807) is 0 Å². The van der Waals surface area contributed by atoms with E-state index in [0.717, 1.165) is 6.54 Å². The maximum Gasteiger partial charge on any atom is 0.0607 e. The molecule has 7 heavy (non-hydrogen) atoms. The van der Waals surface area contributed by atoms with Crippen LogP contribution in [0.5, 0.6) is 0 Å². The quantitative estimate of drug-likeness (QED) is 0.410. The molecule has 1 nitrogen and oxygen atoms in total. The van der Waals surface area contributed by atoms with E-state index in [2.05, 4.69) is 14.0 Å². The third-order valence-corrected chi connectivity index (χ3v) is 1.60. The lowest BCUT2D eigenvalue weighted by Gasteiger charge is -1.95. The highest BCUT2D eigenvalue weighted by molar-refractivity contribution is 7.99. The van der Waals surface area contributed by atoms with E-state index >= 15 is 0 Å². The molecule has 2 heteroatoms. The molecule has 0 aliphatic carbocycles. The van der Waals surface area contributed by atoms with Crippen LogP contribution >= 0.6 is 11.8 Å². The molecular weight excluding hydrogens is 106 g/mol. The molecule has 0 fully saturated rings. The molecule has 2 N–H and O–H groups in total. The maximum atomic E-state index is 3.62. The molecule has 0 radical (unpaired) electrons. The van der Waals surface area contributed by atoms with Crippen LogP contribution in [-0.4, -0.2) is 18.1 Å². The fraction of sp³-hybridized carbons (Fsp3) is 0.800. The first-order valence-electron chi connectivity index (χ1n) is 2.60. The van der Waals surface area contributed by atoms with E-state index in [-0.39, 0.29) is 0 Å². The van der Waals surface area contributed by atoms with Crippen molar-refractivity contribution in [3.63, 3.8) is 0 Å². The minimum atomic E-state index is 1.15. The fourth-order valence-electron chi connectivity index (χ4n) is 0.311. The van der Waals surface area contributed by atoms with Gasteiger partial charge >= 0.3 is 0 Å². The maximum absolute atomic E-state index is 3.62. The Kier molecular flexibility index (Phi) is 6.59. The summed E-state index contributed by atoms with van der Waals surface area (Å²) in [6.45, 7) is 3.33. The molecule has 0 aromatic heterocycles. The molecule has 0 rings (SSSR count). The van der Waals surface area contributed by atoms with Gasteiger partial charge in [0.05, 0.1) is 6.54 Å². The Morgan fingerprint density at radius 1 is 1.71 bits per heavy atom. The monoisotopic (exact) mass is 119 g/mol. The molecular formula is C5H13NS. The zero-order valence-electron chi connectivity index (χ0n) is 4.81. The second-order valence-corrected chi connectivity index (χ2v) is 2.67. The van der Waals surface area contributed by atoms with E-state index < -0.39 is 0 Å². The lowest BCUT2D eigenvalue weighted by molar-refractivity contribution is -0.590. The van der Waals surface area contributed by atoms with E-state index in [0.29, 0.717) is 0 Å². The lowest BCUT2D eigenvalue weighted by atomic mass is 10.8. The van der Waals surface area contributed by atoms with Gasteiger partial charge in [-0.1, -0.05) is 6.92 Å². The van der Waals surface area contributed by atoms with Gasteiger partial charge in [0.25, 0.3) is 0 Å². The van der Waals surface area contributed by atoms with Crippen LogP contribution in [0.4, 0.5) is 0 Å². The molecule has 0 aromatic carbocycles. The Balaban J connectivity index is 2.45. The van der Waals surface area contributed by atoms with Crippen molar-refractivity contribution in [2.24, 2.45) is 0 Å². The van der Waals surface area contributed by atoms with E-state index in [9.17, 15) is 0 Å². The van der Waals surface area contributed by atoms with Crippen molar-refractivity contribution in [2.75, 3.05) is 18.1 Å². The Bertz CT molecular complexity index is 27.3. The Labute approximate surface area is 49.9 Å². The van der Waals surface area contributed by atoms with Gasteiger partial charge in [0, 0.05) is 5.75 Å². The van der Waals surface area contributed by atoms with Gasteiger partial charge in [-0.25, -0.2) is 0 Å². The molecule has 0 aromatic rings. The predicted molar refractivity (Wildman–Crippen MR) is 35.1 cm³/mol. The Morgan fingerprint density at radius 3 is 2.86 bits per heavy atom. The van der Waals surface area contributed by atoms with Gasteiger partial charge in [0.1, 0.15) is 0 Å². The highest BCUT2D eigenvalue weighted by Crippen LogP contribution is 1.92. The van der Waals surface area contributed by atoms with E-state index in [4.69, 9.17) is 0 Å². The summed E-state index contributed by atoms with van der Waals surface area (Å²) in [4.78, 5) is 0. The van der Waals surface area contributed by atoms with Gasteiger partial charge in [0.15, 0.2) is 0 Å². The number of rotatable bonds is 4. The Morgan fingerprint density at radius 2 is 2.43 bits per heavy atom. The summed E-state index contributed by atoms with van der Waals surface area (Å²) < 4.78 is 0. The van der Waals surface area contributed by atoms with E-state index in [1.165, 1.54) is 11.5 Å². The molecule has 0 atom stereocenters. The number of quaternary nitrogens is 1. The number of nitrogens with two attached hydrogens (primary N) is 1. The van der Waals surface area contributed by atoms with Crippen LogP contribution in [-0.2, 0) is 0 Å². The second kappa shape index (κ2) is 6.31. The van der Waals surface area contributed by atoms with E-state index in [1.807, 2.05) is 17.1 Å². The summed E-state index contributed by atoms with van der Waals surface area (Å²) in [5.41, 5.74) is 0. The highest BCUT2D eigenvalue weighted by Gasteiger charge is 1.79. The summed E-state index contributed by atoms with van der Waals surface area (Å²) in [5, 5.41) is 1.96. The minimum absolute atomic E-state index is 1.15. The summed E-state index contributed by atoms with van der Waals surface area (Å²) in [5.74, 6) is 2.47. The predicted octanol–water partition coefficient (Wildman–Crippen LogP) is 0.0945. The molecule has 0 unspecified atom stereocenters. The summed E-state index contributed by atoms with van der Waals surface area (Å²) in [6, 6.07) is 0. The molecule has 0 amide bonds. The van der Waals surface area contributed by atoms with Crippen LogP contribution in [0.25, 0.3) is 0 Å². The standard InChI is InChI=1S/C5H13NS/c1-3-7-5-4-6-2/h2-6H2,1H3. The van der Waals surface area contributed by atoms with Gasteiger partial charge < -0.3 is 5.32 Å². The summed E-state index contributed by atoms with van der Waals surface area (Å²) in [7, 11) is 3.62. The summed E-state index contributed by atoms with van der Waals surface area (Å²) >= 11 is 1.96. The van der Waals surface area contributed by atoms with Crippen LogP contribution in [0.1, 0.15) is 6.92 Å². The van der Waals surface area contributed by atoms with Crippen molar-refractivity contribution in [3.8, 4) is 0 Å². The van der Waals surface area contributed by atoms with Crippen molar-refractivity contribution in [1.82, 2.24) is 0 Å². The fourth-order valence-corrected chi connectivity index (χ4v) is 0.933. The molecule has 0 saturated heterocycles. The van der Waals surface area contributed by atoms with Gasteiger partial charge in [-0.05, 0) is 5.75 Å². The average Bonchev–Trinajstić information content (AvgIpc) is 1.69. The SMILES string of the molecule is [CH2-][NH2+]CCSCC. The summed E-state index contributed by atoms with van der Waals surface area (Å²) in [6.07, 6.45) is 0. The van der Waals surface area contributed by atoms with Crippen LogP contribution in [0, 0.1) is 7.05 Å². The number of hydrogen-bond acceptors (Lipinski definition) is 1. The van der Waals surface area contributed by atoms with Crippen molar-refractivity contribution >= 4 is 11.8 Å². The minimum Gasteiger partial charge on any atom is -0.478 e. The van der Waals surface area contributed by atoms with Crippen LogP contribution < -0.4 is 5.32 Å². The first kappa shape index (κ1) is 7.31. The van der Waals surface area contributed by atoms with Gasteiger partial charge in [-0.15, -0.1) is 0 Å². The highest BCUT2D eigenvalue weighted by atomic mass is 32.2. The number of hydrogen-bond donors (Lipinski definition) is 1. The van der Waals surface area contributed by atoms with Crippen LogP contribution in [0.3, 0.4) is 0 Å². The second-order valence-electron chi connectivity index (χ2n) is 1.27. The first-order valence-corrected chi connectivity index (χ1v) is 3.76. The third-order valence-electron chi connectivity index (χ3n) is 0.670. The largest absolute Gasteiger partial charge is 0.478 e. The zero-order chi connectivity index (χ0) is 5.54. The lowest BCUT2D eigenvalue weighted by Crippen LogP contribution is -2.77. The number of thioether (sulfide) groups is 1. The van der Waals surface area contributed by atoms with Crippen LogP contribution in [0.15, 0.2) is 0 Å². The van der Waals surface area contributed by atoms with Gasteiger partial charge in [0.2, 0.25) is 0 Å². The molecule has 0 aliphatic heterocycles. The van der Waals surface area contributed by atoms with Crippen LogP contribution in [0.2, 0.25) is 0 Å². The molecule has 0 bridgehead atoms. The van der Waals surface area contributed by atoms with Crippen molar-refractivity contribution in [3.05, 3.63) is 7.05 Å². The molecule has 44 valence electrons. The first-order chi connectivity index (χ1) is 3.41. The van der Waals surface area contributed by atoms with Crippen molar-refractivity contribution < 1.29 is 5.32 Å². The molecule has 0 aliphatic rings. The normalized spacial score (nSPS) is 9.43.